The summed E-state index contributed by atoms with van der Waals surface area (Å²) in [6.07, 6.45) is 32.5. The molecule has 4 aromatic rings. The van der Waals surface area contributed by atoms with Crippen LogP contribution in [0.2, 0.25) is 0 Å². The monoisotopic (exact) mass is 610 g/mol. The zero-order valence-electron chi connectivity index (χ0n) is 27.4. The number of phenolic OH excluding ortho intramolecular Hbond substituents is 1. The average Bonchev–Trinajstić information content (AvgIpc) is 3.12. The predicted octanol–water partition coefficient (Wildman–Crippen LogP) is 12.7. The summed E-state index contributed by atoms with van der Waals surface area (Å²) in [5, 5.41) is 14.2. The van der Waals surface area contributed by atoms with E-state index in [1.807, 2.05) is 13.0 Å². The summed E-state index contributed by atoms with van der Waals surface area (Å²) in [4.78, 5) is 0. The maximum absolute atomic E-state index is 11.5. The van der Waals surface area contributed by atoms with Gasteiger partial charge in [-0.15, -0.1) is 0 Å². The largest absolute Gasteiger partial charge is 0.507 e. The second-order valence-corrected chi connectivity index (χ2v) is 12.9. The molecule has 1 heteroatoms. The lowest BCUT2D eigenvalue weighted by Crippen LogP contribution is -2.04. The van der Waals surface area contributed by atoms with Crippen molar-refractivity contribution in [1.29, 1.82) is 0 Å². The molecule has 232 valence electrons. The van der Waals surface area contributed by atoms with Crippen molar-refractivity contribution in [2.75, 3.05) is 0 Å². The summed E-state index contributed by atoms with van der Waals surface area (Å²) in [5.41, 5.74) is 12.1. The lowest BCUT2D eigenvalue weighted by Gasteiger charge is -2.24. The first-order chi connectivity index (χ1) is 23.1. The Morgan fingerprint density at radius 2 is 1.77 bits per heavy atom. The van der Waals surface area contributed by atoms with E-state index in [2.05, 4.69) is 153 Å². The van der Waals surface area contributed by atoms with Gasteiger partial charge in [0.05, 0.1) is 0 Å². The fourth-order valence-electron chi connectivity index (χ4n) is 7.36. The fraction of sp³-hybridized carbons (Fsp3) is 0.174. The molecule has 2 unspecified atom stereocenters. The number of hydrogen-bond acceptors (Lipinski definition) is 1. The van der Waals surface area contributed by atoms with Gasteiger partial charge in [0.25, 0.3) is 0 Å². The van der Waals surface area contributed by atoms with E-state index < -0.39 is 0 Å². The van der Waals surface area contributed by atoms with E-state index in [1.54, 1.807) is 0 Å². The van der Waals surface area contributed by atoms with Crippen molar-refractivity contribution >= 4 is 28.5 Å². The van der Waals surface area contributed by atoms with Gasteiger partial charge in [-0.2, -0.15) is 0 Å². The summed E-state index contributed by atoms with van der Waals surface area (Å²) in [6, 6.07) is 26.2. The van der Waals surface area contributed by atoms with Crippen LogP contribution in [-0.4, -0.2) is 5.11 Å². The molecule has 7 rings (SSSR count). The van der Waals surface area contributed by atoms with Crippen LogP contribution in [0, 0.1) is 0 Å². The third-order valence-corrected chi connectivity index (χ3v) is 9.82. The van der Waals surface area contributed by atoms with Crippen molar-refractivity contribution in [3.05, 3.63) is 179 Å². The van der Waals surface area contributed by atoms with Gasteiger partial charge in [0.2, 0.25) is 0 Å². The van der Waals surface area contributed by atoms with Crippen LogP contribution in [0.3, 0.4) is 0 Å². The molecule has 3 aliphatic carbocycles. The van der Waals surface area contributed by atoms with Crippen molar-refractivity contribution in [3.8, 4) is 16.9 Å². The Labute approximate surface area is 279 Å². The third-order valence-electron chi connectivity index (χ3n) is 9.82. The second-order valence-electron chi connectivity index (χ2n) is 12.9. The Kier molecular flexibility index (Phi) is 8.89. The van der Waals surface area contributed by atoms with E-state index >= 15 is 0 Å². The highest BCUT2D eigenvalue weighted by molar-refractivity contribution is 5.97. The number of aromatic hydroxyl groups is 1. The molecule has 0 saturated carbocycles. The average molecular weight is 611 g/mol. The minimum absolute atomic E-state index is 0.148. The minimum Gasteiger partial charge on any atom is -0.507 e. The topological polar surface area (TPSA) is 20.2 Å². The molecule has 47 heavy (non-hydrogen) atoms. The number of benzene rings is 4. The van der Waals surface area contributed by atoms with E-state index in [-0.39, 0.29) is 5.92 Å². The van der Waals surface area contributed by atoms with Crippen LogP contribution in [0.15, 0.2) is 151 Å². The second kappa shape index (κ2) is 13.7. The molecule has 0 bridgehead atoms. The molecule has 1 nitrogen and oxygen atoms in total. The van der Waals surface area contributed by atoms with Gasteiger partial charge in [0.15, 0.2) is 0 Å². The first-order valence-corrected chi connectivity index (χ1v) is 17.0. The van der Waals surface area contributed by atoms with Crippen LogP contribution in [0.1, 0.15) is 79.2 Å². The van der Waals surface area contributed by atoms with Crippen LogP contribution in [-0.2, 0) is 0 Å². The van der Waals surface area contributed by atoms with E-state index in [1.165, 1.54) is 44.2 Å². The van der Waals surface area contributed by atoms with E-state index in [0.29, 0.717) is 11.7 Å². The van der Waals surface area contributed by atoms with Crippen LogP contribution >= 0.6 is 0 Å². The summed E-state index contributed by atoms with van der Waals surface area (Å²) < 4.78 is 0. The Morgan fingerprint density at radius 1 is 0.894 bits per heavy atom. The molecule has 0 amide bonds. The van der Waals surface area contributed by atoms with Gasteiger partial charge in [-0.25, -0.2) is 0 Å². The van der Waals surface area contributed by atoms with Crippen molar-refractivity contribution in [3.63, 3.8) is 0 Å². The molecular weight excluding hydrogens is 569 g/mol. The van der Waals surface area contributed by atoms with Gasteiger partial charge in [0.1, 0.15) is 5.75 Å². The highest BCUT2D eigenvalue weighted by Gasteiger charge is 2.21. The normalized spacial score (nSPS) is 19.4. The standard InChI is InChI=1S/C46H42O/c1-3-4-15-34(27-28-35-19-13-25-42(46(35)47)38-22-11-20-36(29-38)33-16-6-5-7-17-33)37-21-12-23-39(30-37)44-31-40-18-8-9-24-41(40)45-32(2)14-10-26-43(44)45/h3-6,8-13,15-16,18-28,30-32,38,47H,7,14,17,29H2,1-2H3/b4-3-,28-27+,34-15+. The van der Waals surface area contributed by atoms with Gasteiger partial charge in [0, 0.05) is 17.0 Å². The molecule has 1 N–H and O–H groups in total. The molecule has 0 aliphatic heterocycles. The molecule has 0 heterocycles. The fourth-order valence-corrected chi connectivity index (χ4v) is 7.36. The quantitative estimate of drug-likeness (QED) is 0.206. The number of para-hydroxylation sites is 1. The molecule has 0 saturated heterocycles. The van der Waals surface area contributed by atoms with Gasteiger partial charge in [-0.1, -0.05) is 147 Å². The van der Waals surface area contributed by atoms with Crippen LogP contribution < -0.4 is 0 Å². The lowest BCUT2D eigenvalue weighted by molar-refractivity contribution is 0.463. The zero-order valence-corrected chi connectivity index (χ0v) is 27.4. The Hall–Kier alpha value is -5.14. The van der Waals surface area contributed by atoms with Crippen LogP contribution in [0.5, 0.6) is 5.75 Å². The van der Waals surface area contributed by atoms with Crippen LogP contribution in [0.25, 0.3) is 39.6 Å². The van der Waals surface area contributed by atoms with E-state index in [0.717, 1.165) is 47.9 Å². The molecule has 0 aromatic heterocycles. The number of rotatable bonds is 7. The van der Waals surface area contributed by atoms with Crippen molar-refractivity contribution < 1.29 is 5.11 Å². The van der Waals surface area contributed by atoms with Gasteiger partial charge in [-0.3, -0.25) is 0 Å². The minimum atomic E-state index is 0.148. The van der Waals surface area contributed by atoms with Gasteiger partial charge < -0.3 is 5.11 Å². The Morgan fingerprint density at radius 3 is 2.64 bits per heavy atom. The molecule has 3 aliphatic rings. The summed E-state index contributed by atoms with van der Waals surface area (Å²) in [5.74, 6) is 0.988. The predicted molar refractivity (Wildman–Crippen MR) is 202 cm³/mol. The first kappa shape index (κ1) is 30.5. The number of fused-ring (bicyclic) bond motifs is 3. The zero-order chi connectivity index (χ0) is 32.2. The molecule has 0 radical (unpaired) electrons. The maximum atomic E-state index is 11.5. The summed E-state index contributed by atoms with van der Waals surface area (Å²) >= 11 is 0. The molecule has 0 spiro atoms. The maximum Gasteiger partial charge on any atom is 0.126 e. The lowest BCUT2D eigenvalue weighted by atomic mass is 9.80. The summed E-state index contributed by atoms with van der Waals surface area (Å²) in [7, 11) is 0. The molecule has 4 aromatic carbocycles. The van der Waals surface area contributed by atoms with Crippen molar-refractivity contribution in [2.45, 2.75) is 51.4 Å². The van der Waals surface area contributed by atoms with Crippen LogP contribution in [0.4, 0.5) is 0 Å². The van der Waals surface area contributed by atoms with Gasteiger partial charge >= 0.3 is 0 Å². The first-order valence-electron chi connectivity index (χ1n) is 17.0. The van der Waals surface area contributed by atoms with Crippen molar-refractivity contribution in [2.24, 2.45) is 0 Å². The molecular formula is C46H42O. The number of phenols is 1. The Balaban J connectivity index is 1.21. The smallest absolute Gasteiger partial charge is 0.126 e. The number of allylic oxidation sites excluding steroid dienone is 14. The van der Waals surface area contributed by atoms with E-state index in [4.69, 9.17) is 0 Å². The Bertz CT molecular complexity index is 2070. The molecule has 2 atom stereocenters. The highest BCUT2D eigenvalue weighted by atomic mass is 16.3. The summed E-state index contributed by atoms with van der Waals surface area (Å²) in [6.45, 7) is 4.38. The SMILES string of the molecule is C\C=C/C=C(\C=C\c1cccc(C2C=CC=C(C3=CC=CCC3)C2)c1O)c1cccc(-c2cc3ccccc3c3c2C=CCC3C)c1. The molecule has 0 fully saturated rings. The third kappa shape index (κ3) is 6.31. The number of hydrogen-bond donors (Lipinski definition) is 1. The van der Waals surface area contributed by atoms with E-state index in [9.17, 15) is 5.11 Å². The van der Waals surface area contributed by atoms with Gasteiger partial charge in [-0.05, 0) is 106 Å². The van der Waals surface area contributed by atoms with Crippen molar-refractivity contribution in [1.82, 2.24) is 0 Å². The highest BCUT2D eigenvalue weighted by Crippen LogP contribution is 2.42.